The van der Waals surface area contributed by atoms with Crippen LogP contribution in [0.15, 0.2) is 42.9 Å². The third-order valence-corrected chi connectivity index (χ3v) is 4.60. The molecule has 1 fully saturated rings. The maximum absolute atomic E-state index is 11.9. The van der Waals surface area contributed by atoms with Gasteiger partial charge in [0.05, 0.1) is 11.7 Å². The first kappa shape index (κ1) is 14.8. The molecule has 0 spiro atoms. The van der Waals surface area contributed by atoms with E-state index in [0.29, 0.717) is 19.3 Å². The summed E-state index contributed by atoms with van der Waals surface area (Å²) in [7, 11) is 0. The molecule has 2 N–H and O–H groups in total. The van der Waals surface area contributed by atoms with E-state index in [2.05, 4.69) is 14.9 Å². The highest BCUT2D eigenvalue weighted by molar-refractivity contribution is 5.75. The van der Waals surface area contributed by atoms with Gasteiger partial charge in [-0.05, 0) is 37.9 Å². The van der Waals surface area contributed by atoms with Crippen LogP contribution in [0.25, 0.3) is 0 Å². The standard InChI is InChI=1S/C17H21N3O2/c21-16(22)17(10-14-4-2-1-3-5-14)6-8-20(9-7-17)12-15-11-18-13-19-15/h1-5,11,13H,6-10,12H2,(H,18,19)(H,21,22). The number of imidazole rings is 1. The molecule has 2 heterocycles. The van der Waals surface area contributed by atoms with Crippen LogP contribution in [0.2, 0.25) is 0 Å². The minimum atomic E-state index is -0.669. The van der Waals surface area contributed by atoms with Crippen molar-refractivity contribution in [2.24, 2.45) is 5.41 Å². The number of carboxylic acids is 1. The van der Waals surface area contributed by atoms with Crippen LogP contribution in [0.4, 0.5) is 0 Å². The molecule has 116 valence electrons. The van der Waals surface area contributed by atoms with Crippen LogP contribution in [-0.2, 0) is 17.8 Å². The molecule has 0 saturated carbocycles. The molecule has 5 nitrogen and oxygen atoms in total. The maximum Gasteiger partial charge on any atom is 0.310 e. The number of rotatable bonds is 5. The van der Waals surface area contributed by atoms with Gasteiger partial charge in [-0.25, -0.2) is 4.98 Å². The molecule has 1 saturated heterocycles. The van der Waals surface area contributed by atoms with Crippen molar-refractivity contribution in [3.8, 4) is 0 Å². The highest BCUT2D eigenvalue weighted by atomic mass is 16.4. The quantitative estimate of drug-likeness (QED) is 0.889. The number of aromatic amines is 1. The van der Waals surface area contributed by atoms with E-state index < -0.39 is 11.4 Å². The minimum Gasteiger partial charge on any atom is -0.481 e. The summed E-state index contributed by atoms with van der Waals surface area (Å²) in [6.07, 6.45) is 5.48. The van der Waals surface area contributed by atoms with E-state index in [9.17, 15) is 9.90 Å². The van der Waals surface area contributed by atoms with Gasteiger partial charge in [-0.15, -0.1) is 0 Å². The molecular formula is C17H21N3O2. The van der Waals surface area contributed by atoms with Crippen molar-refractivity contribution in [1.29, 1.82) is 0 Å². The largest absolute Gasteiger partial charge is 0.481 e. The summed E-state index contributed by atoms with van der Waals surface area (Å²) >= 11 is 0. The van der Waals surface area contributed by atoms with Gasteiger partial charge >= 0.3 is 5.97 Å². The van der Waals surface area contributed by atoms with E-state index in [-0.39, 0.29) is 0 Å². The molecule has 1 aromatic carbocycles. The maximum atomic E-state index is 11.9. The number of carbonyl (C=O) groups is 1. The molecule has 0 atom stereocenters. The second-order valence-corrected chi connectivity index (χ2v) is 6.10. The summed E-state index contributed by atoms with van der Waals surface area (Å²) in [5.41, 5.74) is 1.55. The second-order valence-electron chi connectivity index (χ2n) is 6.10. The van der Waals surface area contributed by atoms with Crippen LogP contribution < -0.4 is 0 Å². The van der Waals surface area contributed by atoms with Crippen LogP contribution in [0.5, 0.6) is 0 Å². The Morgan fingerprint density at radius 1 is 1.27 bits per heavy atom. The predicted molar refractivity (Wildman–Crippen MR) is 83.3 cm³/mol. The molecule has 0 bridgehead atoms. The zero-order valence-electron chi connectivity index (χ0n) is 12.5. The van der Waals surface area contributed by atoms with Gasteiger partial charge in [-0.2, -0.15) is 0 Å². The number of piperidine rings is 1. The lowest BCUT2D eigenvalue weighted by Crippen LogP contribution is -2.45. The van der Waals surface area contributed by atoms with E-state index in [1.165, 1.54) is 0 Å². The van der Waals surface area contributed by atoms with Gasteiger partial charge in [0, 0.05) is 18.4 Å². The molecule has 0 unspecified atom stereocenters. The van der Waals surface area contributed by atoms with E-state index in [1.54, 1.807) is 6.33 Å². The number of likely N-dealkylation sites (tertiary alicyclic amines) is 1. The number of hydrogen-bond acceptors (Lipinski definition) is 3. The van der Waals surface area contributed by atoms with Crippen LogP contribution in [-0.4, -0.2) is 39.0 Å². The number of benzene rings is 1. The van der Waals surface area contributed by atoms with E-state index in [0.717, 1.165) is 30.9 Å². The topological polar surface area (TPSA) is 69.2 Å². The predicted octanol–water partition coefficient (Wildman–Crippen LogP) is 2.32. The number of aromatic nitrogens is 2. The van der Waals surface area contributed by atoms with Crippen molar-refractivity contribution < 1.29 is 9.90 Å². The van der Waals surface area contributed by atoms with E-state index in [4.69, 9.17) is 0 Å². The van der Waals surface area contributed by atoms with Gasteiger partial charge in [-0.1, -0.05) is 30.3 Å². The van der Waals surface area contributed by atoms with Gasteiger partial charge in [0.1, 0.15) is 0 Å². The average Bonchev–Trinajstić information content (AvgIpc) is 3.03. The van der Waals surface area contributed by atoms with Crippen LogP contribution >= 0.6 is 0 Å². The van der Waals surface area contributed by atoms with Crippen LogP contribution in [0.1, 0.15) is 24.1 Å². The first-order valence-corrected chi connectivity index (χ1v) is 7.65. The first-order valence-electron chi connectivity index (χ1n) is 7.65. The normalized spacial score (nSPS) is 18.2. The Morgan fingerprint density at radius 3 is 2.59 bits per heavy atom. The van der Waals surface area contributed by atoms with Crippen molar-refractivity contribution in [3.63, 3.8) is 0 Å². The summed E-state index contributed by atoms with van der Waals surface area (Å²) in [4.78, 5) is 21.3. The van der Waals surface area contributed by atoms with Gasteiger partial charge in [0.25, 0.3) is 0 Å². The zero-order chi connectivity index (χ0) is 15.4. The lowest BCUT2D eigenvalue weighted by atomic mass is 9.74. The Kier molecular flexibility index (Phi) is 4.24. The highest BCUT2D eigenvalue weighted by Gasteiger charge is 2.41. The molecule has 1 aliphatic heterocycles. The van der Waals surface area contributed by atoms with Crippen molar-refractivity contribution in [2.75, 3.05) is 13.1 Å². The molecule has 5 heteroatoms. The Bertz CT molecular complexity index is 602. The smallest absolute Gasteiger partial charge is 0.310 e. The first-order chi connectivity index (χ1) is 10.7. The number of carboxylic acid groups (broad SMARTS) is 1. The fourth-order valence-electron chi connectivity index (χ4n) is 3.20. The third kappa shape index (κ3) is 3.20. The average molecular weight is 299 g/mol. The summed E-state index contributed by atoms with van der Waals surface area (Å²) in [5.74, 6) is -0.669. The lowest BCUT2D eigenvalue weighted by molar-refractivity contribution is -0.152. The summed E-state index contributed by atoms with van der Waals surface area (Å²) < 4.78 is 0. The third-order valence-electron chi connectivity index (χ3n) is 4.60. The number of nitrogens with zero attached hydrogens (tertiary/aromatic N) is 2. The highest BCUT2D eigenvalue weighted by Crippen LogP contribution is 2.35. The van der Waals surface area contributed by atoms with E-state index in [1.807, 2.05) is 36.5 Å². The SMILES string of the molecule is O=C(O)C1(Cc2ccccc2)CCN(Cc2cnc[nH]2)CC1. The molecule has 22 heavy (non-hydrogen) atoms. The number of hydrogen-bond donors (Lipinski definition) is 2. The molecule has 0 aliphatic carbocycles. The van der Waals surface area contributed by atoms with Crippen molar-refractivity contribution in [3.05, 3.63) is 54.1 Å². The molecule has 0 amide bonds. The van der Waals surface area contributed by atoms with Crippen LogP contribution in [0, 0.1) is 5.41 Å². The molecule has 3 rings (SSSR count). The number of nitrogens with one attached hydrogen (secondary N) is 1. The van der Waals surface area contributed by atoms with Crippen molar-refractivity contribution >= 4 is 5.97 Å². The van der Waals surface area contributed by atoms with Gasteiger partial charge in [0.2, 0.25) is 0 Å². The molecular weight excluding hydrogens is 278 g/mol. The lowest BCUT2D eigenvalue weighted by Gasteiger charge is -2.38. The molecule has 2 aromatic rings. The fourth-order valence-corrected chi connectivity index (χ4v) is 3.20. The molecule has 1 aliphatic rings. The minimum absolute atomic E-state index is 0.612. The Hall–Kier alpha value is -2.14. The number of aliphatic carboxylic acids is 1. The van der Waals surface area contributed by atoms with Gasteiger partial charge < -0.3 is 10.1 Å². The Morgan fingerprint density at radius 2 is 2.00 bits per heavy atom. The Balaban J connectivity index is 1.65. The molecule has 1 aromatic heterocycles. The second kappa shape index (κ2) is 6.32. The summed E-state index contributed by atoms with van der Waals surface area (Å²) in [6.45, 7) is 2.41. The van der Waals surface area contributed by atoms with Crippen molar-refractivity contribution in [1.82, 2.24) is 14.9 Å². The van der Waals surface area contributed by atoms with Gasteiger partial charge in [-0.3, -0.25) is 9.69 Å². The monoisotopic (exact) mass is 299 g/mol. The van der Waals surface area contributed by atoms with Gasteiger partial charge in [0.15, 0.2) is 0 Å². The zero-order valence-corrected chi connectivity index (χ0v) is 12.5. The van der Waals surface area contributed by atoms with Crippen LogP contribution in [0.3, 0.4) is 0 Å². The van der Waals surface area contributed by atoms with E-state index >= 15 is 0 Å². The fraction of sp³-hybridized carbons (Fsp3) is 0.412. The summed E-state index contributed by atoms with van der Waals surface area (Å²) in [6, 6.07) is 9.93. The van der Waals surface area contributed by atoms with Crippen molar-refractivity contribution in [2.45, 2.75) is 25.8 Å². The Labute approximate surface area is 130 Å². The molecule has 0 radical (unpaired) electrons. The number of H-pyrrole nitrogens is 1. The summed E-state index contributed by atoms with van der Waals surface area (Å²) in [5, 5.41) is 9.76.